The van der Waals surface area contributed by atoms with E-state index in [4.69, 9.17) is 9.47 Å². The molecule has 0 amide bonds. The number of hydrogen-bond acceptors (Lipinski definition) is 4. The van der Waals surface area contributed by atoms with Crippen LogP contribution in [0.2, 0.25) is 0 Å². The summed E-state index contributed by atoms with van der Waals surface area (Å²) in [5.74, 6) is -2.08. The molecule has 1 aromatic carbocycles. The van der Waals surface area contributed by atoms with E-state index in [0.29, 0.717) is 6.61 Å². The number of aliphatic carboxylic acids is 1. The van der Waals surface area contributed by atoms with Crippen molar-refractivity contribution < 1.29 is 24.2 Å². The summed E-state index contributed by atoms with van der Waals surface area (Å²) in [5, 5.41) is 9.23. The summed E-state index contributed by atoms with van der Waals surface area (Å²) in [7, 11) is 0. The van der Waals surface area contributed by atoms with E-state index >= 15 is 0 Å². The smallest absolute Gasteiger partial charge is 0.323 e. The molecule has 0 unspecified atom stereocenters. The first-order chi connectivity index (χ1) is 9.61. The molecule has 20 heavy (non-hydrogen) atoms. The van der Waals surface area contributed by atoms with Gasteiger partial charge < -0.3 is 14.6 Å². The second-order valence-electron chi connectivity index (χ2n) is 4.90. The molecule has 1 fully saturated rings. The van der Waals surface area contributed by atoms with Crippen LogP contribution in [-0.2, 0) is 25.7 Å². The van der Waals surface area contributed by atoms with E-state index < -0.39 is 17.4 Å². The molecule has 0 radical (unpaired) electrons. The number of ether oxygens (including phenoxy) is 2. The number of esters is 1. The van der Waals surface area contributed by atoms with E-state index in [0.717, 1.165) is 5.56 Å². The van der Waals surface area contributed by atoms with Gasteiger partial charge in [-0.3, -0.25) is 9.59 Å². The van der Waals surface area contributed by atoms with E-state index in [-0.39, 0.29) is 25.6 Å². The Balaban J connectivity index is 1.86. The molecule has 1 aliphatic carbocycles. The van der Waals surface area contributed by atoms with Gasteiger partial charge in [0.25, 0.3) is 0 Å². The number of rotatable bonds is 7. The van der Waals surface area contributed by atoms with Crippen molar-refractivity contribution in [3.05, 3.63) is 35.9 Å². The fraction of sp³-hybridized carbons (Fsp3) is 0.467. The van der Waals surface area contributed by atoms with E-state index in [1.165, 1.54) is 0 Å². The predicted octanol–water partition coefficient (Wildman–Crippen LogP) is 1.86. The zero-order valence-corrected chi connectivity index (χ0v) is 11.4. The quantitative estimate of drug-likeness (QED) is 0.608. The van der Waals surface area contributed by atoms with Crippen LogP contribution in [0.1, 0.15) is 18.9 Å². The molecule has 2 rings (SSSR count). The maximum absolute atomic E-state index is 11.8. The number of benzene rings is 1. The van der Waals surface area contributed by atoms with Crippen LogP contribution in [0.4, 0.5) is 0 Å². The molecule has 1 aromatic rings. The minimum Gasteiger partial charge on any atom is -0.480 e. The van der Waals surface area contributed by atoms with Crippen molar-refractivity contribution in [3.63, 3.8) is 0 Å². The number of carbonyl (C=O) groups excluding carboxylic acids is 1. The molecular formula is C15H18O5. The molecule has 0 heterocycles. The largest absolute Gasteiger partial charge is 0.480 e. The lowest BCUT2D eigenvalue weighted by molar-refractivity contribution is -0.162. The van der Waals surface area contributed by atoms with Crippen LogP contribution in [0.25, 0.3) is 0 Å². The third-order valence-electron chi connectivity index (χ3n) is 3.56. The number of carbonyl (C=O) groups is 2. The van der Waals surface area contributed by atoms with Crippen molar-refractivity contribution in [1.29, 1.82) is 0 Å². The van der Waals surface area contributed by atoms with Gasteiger partial charge >= 0.3 is 11.9 Å². The third kappa shape index (κ3) is 2.82. The van der Waals surface area contributed by atoms with E-state index in [9.17, 15) is 14.7 Å². The van der Waals surface area contributed by atoms with E-state index in [2.05, 4.69) is 0 Å². The molecule has 108 valence electrons. The van der Waals surface area contributed by atoms with Gasteiger partial charge in [-0.15, -0.1) is 0 Å². The minimum absolute atomic E-state index is 0.186. The Morgan fingerprint density at radius 2 is 2.05 bits per heavy atom. The van der Waals surface area contributed by atoms with Crippen molar-refractivity contribution in [2.24, 2.45) is 11.3 Å². The lowest BCUT2D eigenvalue weighted by Crippen LogP contribution is -2.30. The molecule has 5 heteroatoms. The third-order valence-corrected chi connectivity index (χ3v) is 3.56. The Morgan fingerprint density at radius 3 is 2.65 bits per heavy atom. The summed E-state index contributed by atoms with van der Waals surface area (Å²) >= 11 is 0. The van der Waals surface area contributed by atoms with Crippen LogP contribution < -0.4 is 0 Å². The van der Waals surface area contributed by atoms with Crippen molar-refractivity contribution in [2.45, 2.75) is 20.0 Å². The van der Waals surface area contributed by atoms with Crippen molar-refractivity contribution >= 4 is 11.9 Å². The van der Waals surface area contributed by atoms with Gasteiger partial charge in [0.1, 0.15) is 0 Å². The first kappa shape index (κ1) is 14.5. The summed E-state index contributed by atoms with van der Waals surface area (Å²) < 4.78 is 10.4. The molecule has 2 atom stereocenters. The highest BCUT2D eigenvalue weighted by molar-refractivity contribution is 6.03. The topological polar surface area (TPSA) is 72.8 Å². The first-order valence-electron chi connectivity index (χ1n) is 6.63. The van der Waals surface area contributed by atoms with Gasteiger partial charge in [0, 0.05) is 5.92 Å². The van der Waals surface area contributed by atoms with Crippen LogP contribution >= 0.6 is 0 Å². The maximum atomic E-state index is 11.8. The summed E-state index contributed by atoms with van der Waals surface area (Å²) in [6, 6.07) is 9.61. The fourth-order valence-corrected chi connectivity index (χ4v) is 2.28. The summed E-state index contributed by atoms with van der Waals surface area (Å²) in [6.07, 6.45) is 0.288. The van der Waals surface area contributed by atoms with Gasteiger partial charge in [0.2, 0.25) is 0 Å². The molecule has 0 bridgehead atoms. The standard InChI is InChI=1S/C15H18O5/c1-2-20-14(18)15(13(16)17)8-12(15)10-19-9-11-6-4-3-5-7-11/h3-7,12H,2,8-10H2,1H3,(H,16,17)/t12-,15-/m0/s1. The van der Waals surface area contributed by atoms with Gasteiger partial charge in [0.15, 0.2) is 5.41 Å². The van der Waals surface area contributed by atoms with Crippen LogP contribution in [0, 0.1) is 11.3 Å². The van der Waals surface area contributed by atoms with Gasteiger partial charge in [0.05, 0.1) is 19.8 Å². The number of hydrogen-bond donors (Lipinski definition) is 1. The Labute approximate surface area is 117 Å². The Hall–Kier alpha value is -1.88. The van der Waals surface area contributed by atoms with Crippen molar-refractivity contribution in [2.75, 3.05) is 13.2 Å². The number of carboxylic acids is 1. The minimum atomic E-state index is -1.40. The van der Waals surface area contributed by atoms with Crippen molar-refractivity contribution in [3.8, 4) is 0 Å². The molecule has 5 nitrogen and oxygen atoms in total. The average Bonchev–Trinajstić information content (AvgIpc) is 3.16. The fourth-order valence-electron chi connectivity index (χ4n) is 2.28. The second kappa shape index (κ2) is 6.05. The maximum Gasteiger partial charge on any atom is 0.323 e. The monoisotopic (exact) mass is 278 g/mol. The van der Waals surface area contributed by atoms with Gasteiger partial charge in [-0.05, 0) is 18.9 Å². The lowest BCUT2D eigenvalue weighted by Gasteiger charge is -2.11. The second-order valence-corrected chi connectivity index (χ2v) is 4.90. The van der Waals surface area contributed by atoms with E-state index in [1.54, 1.807) is 6.92 Å². The highest BCUT2D eigenvalue weighted by Crippen LogP contribution is 2.54. The zero-order valence-electron chi connectivity index (χ0n) is 11.4. The van der Waals surface area contributed by atoms with Crippen LogP contribution in [-0.4, -0.2) is 30.3 Å². The number of carboxylic acid groups (broad SMARTS) is 1. The SMILES string of the molecule is CCOC(=O)[C@@]1(C(=O)O)C[C@H]1COCc1ccccc1. The highest BCUT2D eigenvalue weighted by Gasteiger charge is 2.67. The van der Waals surface area contributed by atoms with Gasteiger partial charge in [-0.1, -0.05) is 30.3 Å². The Kier molecular flexibility index (Phi) is 4.39. The average molecular weight is 278 g/mol. The highest BCUT2D eigenvalue weighted by atomic mass is 16.5. The van der Waals surface area contributed by atoms with Gasteiger partial charge in [-0.25, -0.2) is 0 Å². The molecule has 1 aliphatic rings. The van der Waals surface area contributed by atoms with Gasteiger partial charge in [-0.2, -0.15) is 0 Å². The van der Waals surface area contributed by atoms with Crippen LogP contribution in [0.3, 0.4) is 0 Å². The lowest BCUT2D eigenvalue weighted by atomic mass is 10.1. The van der Waals surface area contributed by atoms with Crippen LogP contribution in [0.15, 0.2) is 30.3 Å². The molecule has 0 spiro atoms. The molecule has 1 N–H and O–H groups in total. The first-order valence-corrected chi connectivity index (χ1v) is 6.63. The molecule has 1 saturated carbocycles. The molecular weight excluding hydrogens is 260 g/mol. The predicted molar refractivity (Wildman–Crippen MR) is 70.9 cm³/mol. The molecule has 0 saturated heterocycles. The Bertz CT molecular complexity index is 484. The van der Waals surface area contributed by atoms with Crippen molar-refractivity contribution in [1.82, 2.24) is 0 Å². The Morgan fingerprint density at radius 1 is 1.35 bits per heavy atom. The molecule has 0 aromatic heterocycles. The normalized spacial score (nSPS) is 24.1. The van der Waals surface area contributed by atoms with E-state index in [1.807, 2.05) is 30.3 Å². The van der Waals surface area contributed by atoms with Crippen LogP contribution in [0.5, 0.6) is 0 Å². The summed E-state index contributed by atoms with van der Waals surface area (Å²) in [6.45, 7) is 2.51. The summed E-state index contributed by atoms with van der Waals surface area (Å²) in [4.78, 5) is 23.0. The zero-order chi connectivity index (χ0) is 14.6. The molecule has 0 aliphatic heterocycles. The summed E-state index contributed by atoms with van der Waals surface area (Å²) in [5.41, 5.74) is -0.377.